The van der Waals surface area contributed by atoms with E-state index in [1.54, 1.807) is 13.2 Å². The Bertz CT molecular complexity index is 703. The number of amides is 1. The third-order valence-electron chi connectivity index (χ3n) is 4.05. The van der Waals surface area contributed by atoms with Crippen LogP contribution in [0.4, 0.5) is 4.39 Å². The highest BCUT2D eigenvalue weighted by Gasteiger charge is 2.19. The quantitative estimate of drug-likeness (QED) is 0.871. The summed E-state index contributed by atoms with van der Waals surface area (Å²) in [7, 11) is 1.60. The molecule has 1 amide bonds. The maximum Gasteiger partial charge on any atom is 0.254 e. The van der Waals surface area contributed by atoms with Gasteiger partial charge in [-0.3, -0.25) is 4.79 Å². The summed E-state index contributed by atoms with van der Waals surface area (Å²) in [6, 6.07) is 12.0. The van der Waals surface area contributed by atoms with Gasteiger partial charge >= 0.3 is 0 Å². The number of rotatable bonds is 5. The molecule has 0 bridgehead atoms. The number of nitrogens with one attached hydrogen (secondary N) is 2. The predicted octanol–water partition coefficient (Wildman–Crippen LogP) is 2.87. The van der Waals surface area contributed by atoms with E-state index < -0.39 is 5.82 Å². The van der Waals surface area contributed by atoms with Gasteiger partial charge in [0.15, 0.2) is 0 Å². The van der Waals surface area contributed by atoms with Crippen molar-refractivity contribution in [3.63, 3.8) is 0 Å². The maximum atomic E-state index is 14.3. The van der Waals surface area contributed by atoms with Crippen molar-refractivity contribution in [2.24, 2.45) is 5.92 Å². The van der Waals surface area contributed by atoms with Crippen LogP contribution >= 0.6 is 12.4 Å². The average molecular weight is 351 g/mol. The van der Waals surface area contributed by atoms with Gasteiger partial charge in [0, 0.05) is 25.6 Å². The maximum absolute atomic E-state index is 14.3. The number of carbonyl (C=O) groups is 1. The Kier molecular flexibility index (Phi) is 6.17. The van der Waals surface area contributed by atoms with Crippen LogP contribution in [0.15, 0.2) is 42.5 Å². The normalized spacial score (nSPS) is 13.6. The van der Waals surface area contributed by atoms with Crippen LogP contribution in [0.3, 0.4) is 0 Å². The van der Waals surface area contributed by atoms with Crippen molar-refractivity contribution in [2.45, 2.75) is 0 Å². The zero-order chi connectivity index (χ0) is 16.2. The lowest BCUT2D eigenvalue weighted by molar-refractivity contribution is 0.0938. The Balaban J connectivity index is 0.00000208. The SMILES string of the molecule is COc1ccc(-c2ccc(C(=O)NCC3CNC3)c(F)c2)cc1.Cl. The standard InChI is InChI=1S/C18H19FN2O2.ClH/c1-23-15-5-2-13(3-6-15)14-4-7-16(17(19)8-14)18(22)21-11-12-9-20-10-12;/h2-8,12,20H,9-11H2,1H3,(H,21,22);1H. The van der Waals surface area contributed by atoms with E-state index >= 15 is 0 Å². The molecule has 0 unspecified atom stereocenters. The van der Waals surface area contributed by atoms with E-state index in [1.165, 1.54) is 12.1 Å². The van der Waals surface area contributed by atoms with Crippen LogP contribution in [0.25, 0.3) is 11.1 Å². The molecular weight excluding hydrogens is 331 g/mol. The lowest BCUT2D eigenvalue weighted by Gasteiger charge is -2.27. The Labute approximate surface area is 146 Å². The smallest absolute Gasteiger partial charge is 0.254 e. The van der Waals surface area contributed by atoms with Crippen LogP contribution in [0, 0.1) is 11.7 Å². The van der Waals surface area contributed by atoms with Gasteiger partial charge in [0.1, 0.15) is 11.6 Å². The van der Waals surface area contributed by atoms with Crippen LogP contribution in [-0.2, 0) is 0 Å². The van der Waals surface area contributed by atoms with Gasteiger partial charge in [0.05, 0.1) is 12.7 Å². The van der Waals surface area contributed by atoms with E-state index in [-0.39, 0.29) is 23.9 Å². The highest BCUT2D eigenvalue weighted by molar-refractivity contribution is 5.95. The third kappa shape index (κ3) is 4.04. The molecule has 0 aliphatic carbocycles. The monoisotopic (exact) mass is 350 g/mol. The molecular formula is C18H20ClFN2O2. The summed E-state index contributed by atoms with van der Waals surface area (Å²) in [6.07, 6.45) is 0. The molecule has 6 heteroatoms. The van der Waals surface area contributed by atoms with E-state index in [0.29, 0.717) is 12.5 Å². The minimum absolute atomic E-state index is 0. The van der Waals surface area contributed by atoms with Crippen molar-refractivity contribution >= 4 is 18.3 Å². The first-order chi connectivity index (χ1) is 11.2. The molecule has 3 rings (SSSR count). The van der Waals surface area contributed by atoms with E-state index in [0.717, 1.165) is 30.0 Å². The van der Waals surface area contributed by atoms with Gasteiger partial charge in [0.25, 0.3) is 5.91 Å². The molecule has 0 saturated carbocycles. The first-order valence-corrected chi connectivity index (χ1v) is 7.60. The van der Waals surface area contributed by atoms with Crippen LogP contribution in [0.1, 0.15) is 10.4 Å². The fourth-order valence-electron chi connectivity index (χ4n) is 2.49. The predicted molar refractivity (Wildman–Crippen MR) is 94.3 cm³/mol. The van der Waals surface area contributed by atoms with Crippen LogP contribution in [-0.4, -0.2) is 32.7 Å². The minimum Gasteiger partial charge on any atom is -0.497 e. The molecule has 1 aliphatic rings. The van der Waals surface area contributed by atoms with Gasteiger partial charge in [-0.25, -0.2) is 4.39 Å². The van der Waals surface area contributed by atoms with Crippen molar-refractivity contribution in [1.29, 1.82) is 0 Å². The van der Waals surface area contributed by atoms with Gasteiger partial charge in [-0.2, -0.15) is 0 Å². The van der Waals surface area contributed by atoms with Crippen LogP contribution < -0.4 is 15.4 Å². The zero-order valence-electron chi connectivity index (χ0n) is 13.3. The lowest BCUT2D eigenvalue weighted by Crippen LogP contribution is -2.48. The van der Waals surface area contributed by atoms with Crippen molar-refractivity contribution < 1.29 is 13.9 Å². The minimum atomic E-state index is -0.512. The number of benzene rings is 2. The highest BCUT2D eigenvalue weighted by Crippen LogP contribution is 2.24. The van der Waals surface area contributed by atoms with Gasteiger partial charge < -0.3 is 15.4 Å². The Morgan fingerprint density at radius 1 is 1.21 bits per heavy atom. The van der Waals surface area contributed by atoms with Gasteiger partial charge in [-0.15, -0.1) is 12.4 Å². The Morgan fingerprint density at radius 2 is 1.88 bits per heavy atom. The lowest BCUT2D eigenvalue weighted by atomic mass is 10.0. The number of hydrogen-bond acceptors (Lipinski definition) is 3. The van der Waals surface area contributed by atoms with E-state index in [9.17, 15) is 9.18 Å². The van der Waals surface area contributed by atoms with Gasteiger partial charge in [-0.1, -0.05) is 18.2 Å². The van der Waals surface area contributed by atoms with Crippen molar-refractivity contribution in [3.05, 3.63) is 53.8 Å². The first-order valence-electron chi connectivity index (χ1n) is 7.60. The Hall–Kier alpha value is -2.11. The number of halogens is 2. The molecule has 1 aliphatic heterocycles. The second-order valence-electron chi connectivity index (χ2n) is 5.66. The zero-order valence-corrected chi connectivity index (χ0v) is 14.2. The summed E-state index contributed by atoms with van der Waals surface area (Å²) < 4.78 is 19.4. The van der Waals surface area contributed by atoms with Gasteiger partial charge in [-0.05, 0) is 35.4 Å². The molecule has 2 aromatic carbocycles. The fourth-order valence-corrected chi connectivity index (χ4v) is 2.49. The van der Waals surface area contributed by atoms with E-state index in [4.69, 9.17) is 4.74 Å². The van der Waals surface area contributed by atoms with Crippen molar-refractivity contribution in [2.75, 3.05) is 26.7 Å². The molecule has 1 fully saturated rings. The summed E-state index contributed by atoms with van der Waals surface area (Å²) in [5, 5.41) is 5.92. The molecule has 0 atom stereocenters. The summed E-state index contributed by atoms with van der Waals surface area (Å²) in [5.74, 6) is 0.314. The first kappa shape index (κ1) is 18.2. The molecule has 2 aromatic rings. The second kappa shape index (κ2) is 8.13. The highest BCUT2D eigenvalue weighted by atomic mass is 35.5. The van der Waals surface area contributed by atoms with E-state index in [2.05, 4.69) is 10.6 Å². The number of ether oxygens (including phenoxy) is 1. The molecule has 1 heterocycles. The summed E-state index contributed by atoms with van der Waals surface area (Å²) in [4.78, 5) is 12.1. The van der Waals surface area contributed by atoms with Crippen LogP contribution in [0.5, 0.6) is 5.75 Å². The van der Waals surface area contributed by atoms with Crippen molar-refractivity contribution in [1.82, 2.24) is 10.6 Å². The topological polar surface area (TPSA) is 50.4 Å². The molecule has 128 valence electrons. The third-order valence-corrected chi connectivity index (χ3v) is 4.05. The molecule has 4 nitrogen and oxygen atoms in total. The molecule has 0 spiro atoms. The number of hydrogen-bond donors (Lipinski definition) is 2. The van der Waals surface area contributed by atoms with Crippen LogP contribution in [0.2, 0.25) is 0 Å². The summed E-state index contributed by atoms with van der Waals surface area (Å²) in [6.45, 7) is 2.38. The Morgan fingerprint density at radius 3 is 2.42 bits per heavy atom. The van der Waals surface area contributed by atoms with Gasteiger partial charge in [0.2, 0.25) is 0 Å². The van der Waals surface area contributed by atoms with Crippen molar-refractivity contribution in [3.8, 4) is 16.9 Å². The number of methoxy groups -OCH3 is 1. The average Bonchev–Trinajstić information content (AvgIpc) is 2.53. The molecule has 1 saturated heterocycles. The fraction of sp³-hybridized carbons (Fsp3) is 0.278. The molecule has 0 aromatic heterocycles. The number of carbonyl (C=O) groups excluding carboxylic acids is 1. The molecule has 24 heavy (non-hydrogen) atoms. The second-order valence-corrected chi connectivity index (χ2v) is 5.66. The largest absolute Gasteiger partial charge is 0.497 e. The summed E-state index contributed by atoms with van der Waals surface area (Å²) in [5.41, 5.74) is 1.68. The summed E-state index contributed by atoms with van der Waals surface area (Å²) >= 11 is 0. The van der Waals surface area contributed by atoms with E-state index in [1.807, 2.05) is 24.3 Å². The molecule has 0 radical (unpaired) electrons. The molecule has 2 N–H and O–H groups in total.